The quantitative estimate of drug-likeness (QED) is 0.804. The summed E-state index contributed by atoms with van der Waals surface area (Å²) in [5.74, 6) is 0.781. The summed E-state index contributed by atoms with van der Waals surface area (Å²) in [6.07, 6.45) is 4.76. The Balaban J connectivity index is 1.80. The predicted octanol–water partition coefficient (Wildman–Crippen LogP) is 1.79. The van der Waals surface area contributed by atoms with Crippen LogP contribution in [0.1, 0.15) is 25.8 Å². The molecule has 1 aromatic rings. The van der Waals surface area contributed by atoms with Crippen LogP contribution in [-0.4, -0.2) is 60.1 Å². The number of rotatable bonds is 6. The molecule has 0 radical (unpaired) electrons. The second kappa shape index (κ2) is 8.25. The highest BCUT2D eigenvalue weighted by atomic mass is 16.5. The van der Waals surface area contributed by atoms with E-state index in [-0.39, 0.29) is 12.0 Å². The second-order valence-electron chi connectivity index (χ2n) is 6.49. The molecule has 22 heavy (non-hydrogen) atoms. The van der Waals surface area contributed by atoms with Gasteiger partial charge in [0.25, 0.3) is 0 Å². The van der Waals surface area contributed by atoms with E-state index < -0.39 is 0 Å². The number of ether oxygens (including phenoxy) is 1. The number of likely N-dealkylation sites (N-methyl/N-ethyl adjacent to an activating group) is 1. The van der Waals surface area contributed by atoms with Crippen molar-refractivity contribution in [3.05, 3.63) is 30.1 Å². The second-order valence-corrected chi connectivity index (χ2v) is 6.49. The third kappa shape index (κ3) is 5.39. The first kappa shape index (κ1) is 16.9. The van der Waals surface area contributed by atoms with Crippen molar-refractivity contribution in [2.45, 2.75) is 32.9 Å². The topological polar surface area (TPSA) is 45.7 Å². The molecule has 1 atom stereocenters. The molecule has 1 aromatic heterocycles. The normalized spacial score (nSPS) is 19.0. The molecule has 2 rings (SSSR count). The van der Waals surface area contributed by atoms with Gasteiger partial charge < -0.3 is 9.64 Å². The Bertz CT molecular complexity index is 464. The number of hydrogen-bond acceptors (Lipinski definition) is 4. The van der Waals surface area contributed by atoms with Crippen LogP contribution in [0.3, 0.4) is 0 Å². The van der Waals surface area contributed by atoms with Crippen LogP contribution in [0.5, 0.6) is 0 Å². The summed E-state index contributed by atoms with van der Waals surface area (Å²) in [5, 5.41) is 0. The molecule has 0 spiro atoms. The van der Waals surface area contributed by atoms with Crippen LogP contribution >= 0.6 is 0 Å². The van der Waals surface area contributed by atoms with Gasteiger partial charge in [-0.15, -0.1) is 0 Å². The van der Waals surface area contributed by atoms with Crippen molar-refractivity contribution >= 4 is 5.91 Å². The lowest BCUT2D eigenvalue weighted by molar-refractivity contribution is -0.140. The Kier molecular flexibility index (Phi) is 6.34. The van der Waals surface area contributed by atoms with Crippen molar-refractivity contribution in [3.63, 3.8) is 0 Å². The number of morpholine rings is 1. The summed E-state index contributed by atoms with van der Waals surface area (Å²) in [5.41, 5.74) is 1.17. The fourth-order valence-corrected chi connectivity index (χ4v) is 2.80. The molecule has 1 aliphatic rings. The van der Waals surface area contributed by atoms with Crippen LogP contribution in [0.2, 0.25) is 0 Å². The number of carbonyl (C=O) groups excluding carboxylic acids is 1. The van der Waals surface area contributed by atoms with E-state index >= 15 is 0 Å². The molecule has 1 unspecified atom stereocenters. The molecule has 0 aromatic carbocycles. The molecule has 122 valence electrons. The Hall–Kier alpha value is -1.46. The fourth-order valence-electron chi connectivity index (χ4n) is 2.80. The summed E-state index contributed by atoms with van der Waals surface area (Å²) >= 11 is 0. The van der Waals surface area contributed by atoms with Crippen LogP contribution in [-0.2, 0) is 16.1 Å². The van der Waals surface area contributed by atoms with Crippen molar-refractivity contribution in [2.24, 2.45) is 5.92 Å². The van der Waals surface area contributed by atoms with Crippen molar-refractivity contribution in [3.8, 4) is 0 Å². The molecule has 2 heterocycles. The van der Waals surface area contributed by atoms with Gasteiger partial charge in [0.2, 0.25) is 5.91 Å². The molecular weight excluding hydrogens is 278 g/mol. The van der Waals surface area contributed by atoms with E-state index in [0.29, 0.717) is 25.6 Å². The zero-order valence-corrected chi connectivity index (χ0v) is 13.9. The van der Waals surface area contributed by atoms with E-state index in [0.717, 1.165) is 19.5 Å². The highest BCUT2D eigenvalue weighted by Gasteiger charge is 2.25. The largest absolute Gasteiger partial charge is 0.375 e. The van der Waals surface area contributed by atoms with Gasteiger partial charge in [-0.2, -0.15) is 0 Å². The van der Waals surface area contributed by atoms with E-state index in [1.165, 1.54) is 5.56 Å². The smallest absolute Gasteiger partial charge is 0.236 e. The van der Waals surface area contributed by atoms with Gasteiger partial charge in [0.1, 0.15) is 0 Å². The van der Waals surface area contributed by atoms with Crippen LogP contribution < -0.4 is 0 Å². The van der Waals surface area contributed by atoms with Crippen molar-refractivity contribution in [1.29, 1.82) is 0 Å². The lowest BCUT2D eigenvalue weighted by atomic mass is 10.0. The lowest BCUT2D eigenvalue weighted by Gasteiger charge is -2.34. The van der Waals surface area contributed by atoms with E-state index in [1.807, 2.05) is 29.0 Å². The minimum atomic E-state index is 0.184. The Labute approximate surface area is 133 Å². The molecule has 0 saturated carbocycles. The number of hydrogen-bond donors (Lipinski definition) is 0. The third-order valence-corrected chi connectivity index (χ3v) is 3.83. The first-order valence-corrected chi connectivity index (χ1v) is 8.01. The molecule has 0 bridgehead atoms. The standard InChI is InChI=1S/C17H27N3O2/c1-14(2)10-16-12-20(8-9-22-16)17(21)13-19(3)11-15-4-6-18-7-5-15/h4-7,14,16H,8-13H2,1-3H3. The average Bonchev–Trinajstić information content (AvgIpc) is 2.47. The van der Waals surface area contributed by atoms with Crippen LogP contribution in [0.25, 0.3) is 0 Å². The van der Waals surface area contributed by atoms with Gasteiger partial charge in [-0.3, -0.25) is 14.7 Å². The van der Waals surface area contributed by atoms with E-state index in [2.05, 4.69) is 18.8 Å². The number of amides is 1. The zero-order chi connectivity index (χ0) is 15.9. The minimum absolute atomic E-state index is 0.184. The molecule has 1 fully saturated rings. The van der Waals surface area contributed by atoms with Crippen LogP contribution in [0.4, 0.5) is 0 Å². The molecule has 0 N–H and O–H groups in total. The summed E-state index contributed by atoms with van der Waals surface area (Å²) in [4.78, 5) is 20.4. The number of pyridine rings is 1. The number of nitrogens with zero attached hydrogens (tertiary/aromatic N) is 3. The summed E-state index contributed by atoms with van der Waals surface area (Å²) < 4.78 is 5.76. The molecular formula is C17H27N3O2. The molecule has 1 aliphatic heterocycles. The number of aromatic nitrogens is 1. The monoisotopic (exact) mass is 305 g/mol. The predicted molar refractivity (Wildman–Crippen MR) is 86.3 cm³/mol. The van der Waals surface area contributed by atoms with Gasteiger partial charge in [0, 0.05) is 32.0 Å². The first-order chi connectivity index (χ1) is 10.5. The maximum Gasteiger partial charge on any atom is 0.236 e. The van der Waals surface area contributed by atoms with Crippen molar-refractivity contribution < 1.29 is 9.53 Å². The Morgan fingerprint density at radius 1 is 1.45 bits per heavy atom. The van der Waals surface area contributed by atoms with Crippen LogP contribution in [0, 0.1) is 5.92 Å². The summed E-state index contributed by atoms with van der Waals surface area (Å²) in [6.45, 7) is 7.65. The van der Waals surface area contributed by atoms with Crippen molar-refractivity contribution in [2.75, 3.05) is 33.3 Å². The summed E-state index contributed by atoms with van der Waals surface area (Å²) in [6, 6.07) is 3.96. The Morgan fingerprint density at radius 3 is 2.86 bits per heavy atom. The first-order valence-electron chi connectivity index (χ1n) is 8.01. The fraction of sp³-hybridized carbons (Fsp3) is 0.647. The highest BCUT2D eigenvalue weighted by molar-refractivity contribution is 5.78. The van der Waals surface area contributed by atoms with Gasteiger partial charge in [-0.25, -0.2) is 0 Å². The van der Waals surface area contributed by atoms with Crippen LogP contribution in [0.15, 0.2) is 24.5 Å². The minimum Gasteiger partial charge on any atom is -0.375 e. The van der Waals surface area contributed by atoms with Crippen molar-refractivity contribution in [1.82, 2.24) is 14.8 Å². The SMILES string of the molecule is CC(C)CC1CN(C(=O)CN(C)Cc2ccncc2)CCO1. The van der Waals surface area contributed by atoms with E-state index in [9.17, 15) is 4.79 Å². The van der Waals surface area contributed by atoms with Gasteiger partial charge in [-0.1, -0.05) is 13.8 Å². The van der Waals surface area contributed by atoms with Gasteiger partial charge >= 0.3 is 0 Å². The molecule has 5 heteroatoms. The maximum atomic E-state index is 12.4. The van der Waals surface area contributed by atoms with E-state index in [1.54, 1.807) is 12.4 Å². The average molecular weight is 305 g/mol. The van der Waals surface area contributed by atoms with Gasteiger partial charge in [0.05, 0.1) is 19.3 Å². The lowest BCUT2D eigenvalue weighted by Crippen LogP contribution is -2.48. The molecule has 1 saturated heterocycles. The molecule has 5 nitrogen and oxygen atoms in total. The Morgan fingerprint density at radius 2 is 2.18 bits per heavy atom. The van der Waals surface area contributed by atoms with Gasteiger partial charge in [-0.05, 0) is 37.1 Å². The zero-order valence-electron chi connectivity index (χ0n) is 13.9. The third-order valence-electron chi connectivity index (χ3n) is 3.83. The maximum absolute atomic E-state index is 12.4. The molecule has 1 amide bonds. The summed E-state index contributed by atoms with van der Waals surface area (Å²) in [7, 11) is 1.98. The number of carbonyl (C=O) groups is 1. The van der Waals surface area contributed by atoms with Gasteiger partial charge in [0.15, 0.2) is 0 Å². The highest BCUT2D eigenvalue weighted by Crippen LogP contribution is 2.14. The molecule has 0 aliphatic carbocycles. The van der Waals surface area contributed by atoms with E-state index in [4.69, 9.17) is 4.74 Å².